The fourth-order valence-electron chi connectivity index (χ4n) is 2.11. The number of anilines is 1. The second kappa shape index (κ2) is 5.44. The van der Waals surface area contributed by atoms with E-state index in [0.717, 1.165) is 18.8 Å². The zero-order valence-electron chi connectivity index (χ0n) is 11.1. The van der Waals surface area contributed by atoms with E-state index in [1.807, 2.05) is 0 Å². The maximum Gasteiger partial charge on any atom is 0.142 e. The highest BCUT2D eigenvalue weighted by molar-refractivity contribution is 5.63. The van der Waals surface area contributed by atoms with Crippen molar-refractivity contribution in [2.75, 3.05) is 11.9 Å². The Bertz CT molecular complexity index is 375. The van der Waals surface area contributed by atoms with Gasteiger partial charge in [-0.15, -0.1) is 0 Å². The number of aryl methyl sites for hydroxylation is 1. The quantitative estimate of drug-likeness (QED) is 0.852. The van der Waals surface area contributed by atoms with Gasteiger partial charge >= 0.3 is 0 Å². The molecule has 1 aliphatic rings. The molecule has 0 fully saturated rings. The van der Waals surface area contributed by atoms with Crippen molar-refractivity contribution in [2.45, 2.75) is 46.1 Å². The third-order valence-corrected chi connectivity index (χ3v) is 3.57. The molecular weight excluding hydrogens is 210 g/mol. The number of para-hydroxylation sites is 1. The first kappa shape index (κ1) is 12.3. The lowest BCUT2D eigenvalue weighted by Crippen LogP contribution is -2.22. The highest BCUT2D eigenvalue weighted by Crippen LogP contribution is 2.34. The molecule has 1 aromatic rings. The standard InChI is InChI=1S/C15H23NO/c1-4-11(2)10-17-14-7-5-6-13-9-8-12(3)16-15(13)14/h5-7,11-12,16H,4,8-10H2,1-3H3. The van der Waals surface area contributed by atoms with Crippen LogP contribution in [-0.2, 0) is 6.42 Å². The van der Waals surface area contributed by atoms with E-state index in [4.69, 9.17) is 4.74 Å². The maximum absolute atomic E-state index is 5.94. The maximum atomic E-state index is 5.94. The molecule has 2 nitrogen and oxygen atoms in total. The molecule has 1 heterocycles. The van der Waals surface area contributed by atoms with Gasteiger partial charge in [-0.1, -0.05) is 32.4 Å². The predicted molar refractivity (Wildman–Crippen MR) is 72.8 cm³/mol. The van der Waals surface area contributed by atoms with Gasteiger partial charge in [0.05, 0.1) is 12.3 Å². The number of benzene rings is 1. The Morgan fingerprint density at radius 3 is 3.06 bits per heavy atom. The van der Waals surface area contributed by atoms with Crippen molar-refractivity contribution in [1.82, 2.24) is 0 Å². The lowest BCUT2D eigenvalue weighted by molar-refractivity contribution is 0.257. The minimum Gasteiger partial charge on any atom is -0.491 e. The lowest BCUT2D eigenvalue weighted by atomic mass is 9.98. The van der Waals surface area contributed by atoms with Crippen molar-refractivity contribution in [2.24, 2.45) is 5.92 Å². The molecule has 17 heavy (non-hydrogen) atoms. The molecule has 0 saturated heterocycles. The summed E-state index contributed by atoms with van der Waals surface area (Å²) in [4.78, 5) is 0. The fraction of sp³-hybridized carbons (Fsp3) is 0.600. The Balaban J connectivity index is 2.12. The molecule has 2 heteroatoms. The first-order valence-electron chi connectivity index (χ1n) is 6.72. The molecule has 1 aromatic carbocycles. The van der Waals surface area contributed by atoms with Crippen LogP contribution in [0.15, 0.2) is 18.2 Å². The Morgan fingerprint density at radius 2 is 2.29 bits per heavy atom. The SMILES string of the molecule is CCC(C)COc1cccc2c1NC(C)CC2. The van der Waals surface area contributed by atoms with Gasteiger partial charge in [-0.25, -0.2) is 0 Å². The van der Waals surface area contributed by atoms with Crippen LogP contribution in [0.5, 0.6) is 5.75 Å². The van der Waals surface area contributed by atoms with Crippen molar-refractivity contribution in [3.05, 3.63) is 23.8 Å². The average Bonchev–Trinajstić information content (AvgIpc) is 2.35. The van der Waals surface area contributed by atoms with Gasteiger partial charge in [0.25, 0.3) is 0 Å². The van der Waals surface area contributed by atoms with E-state index < -0.39 is 0 Å². The van der Waals surface area contributed by atoms with E-state index in [9.17, 15) is 0 Å². The summed E-state index contributed by atoms with van der Waals surface area (Å²) in [6.45, 7) is 7.47. The molecule has 2 unspecified atom stereocenters. The number of hydrogen-bond acceptors (Lipinski definition) is 2. The van der Waals surface area contributed by atoms with Crippen LogP contribution >= 0.6 is 0 Å². The largest absolute Gasteiger partial charge is 0.491 e. The van der Waals surface area contributed by atoms with Gasteiger partial charge in [0, 0.05) is 6.04 Å². The number of ether oxygens (including phenoxy) is 1. The van der Waals surface area contributed by atoms with Gasteiger partial charge < -0.3 is 10.1 Å². The van der Waals surface area contributed by atoms with Crippen molar-refractivity contribution >= 4 is 5.69 Å². The summed E-state index contributed by atoms with van der Waals surface area (Å²) in [5.41, 5.74) is 2.61. The van der Waals surface area contributed by atoms with Gasteiger partial charge in [-0.2, -0.15) is 0 Å². The molecule has 2 atom stereocenters. The monoisotopic (exact) mass is 233 g/mol. The van der Waals surface area contributed by atoms with Crippen LogP contribution in [0.25, 0.3) is 0 Å². The van der Waals surface area contributed by atoms with Crippen molar-refractivity contribution in [3.63, 3.8) is 0 Å². The van der Waals surface area contributed by atoms with Gasteiger partial charge in [-0.3, -0.25) is 0 Å². The highest BCUT2D eigenvalue weighted by Gasteiger charge is 2.17. The Labute approximate surface area is 104 Å². The zero-order chi connectivity index (χ0) is 12.3. The van der Waals surface area contributed by atoms with Gasteiger partial charge in [0.2, 0.25) is 0 Å². The molecule has 0 spiro atoms. The molecule has 0 amide bonds. The second-order valence-corrected chi connectivity index (χ2v) is 5.20. The molecule has 0 bridgehead atoms. The third kappa shape index (κ3) is 2.93. The fourth-order valence-corrected chi connectivity index (χ4v) is 2.11. The van der Waals surface area contributed by atoms with Crippen LogP contribution in [-0.4, -0.2) is 12.6 Å². The van der Waals surface area contributed by atoms with E-state index in [0.29, 0.717) is 12.0 Å². The summed E-state index contributed by atoms with van der Waals surface area (Å²) in [5.74, 6) is 1.64. The number of nitrogens with one attached hydrogen (secondary N) is 1. The molecule has 0 saturated carbocycles. The normalized spacial score (nSPS) is 20.3. The van der Waals surface area contributed by atoms with Crippen molar-refractivity contribution in [3.8, 4) is 5.75 Å². The minimum atomic E-state index is 0.552. The summed E-state index contributed by atoms with van der Waals surface area (Å²) in [5, 5.41) is 3.55. The molecular formula is C15H23NO. The first-order chi connectivity index (χ1) is 8.20. The summed E-state index contributed by atoms with van der Waals surface area (Å²) in [6.07, 6.45) is 3.53. The smallest absolute Gasteiger partial charge is 0.142 e. The van der Waals surface area contributed by atoms with E-state index in [1.54, 1.807) is 0 Å². The first-order valence-corrected chi connectivity index (χ1v) is 6.72. The van der Waals surface area contributed by atoms with Crippen molar-refractivity contribution in [1.29, 1.82) is 0 Å². The minimum absolute atomic E-state index is 0.552. The Kier molecular flexibility index (Phi) is 3.93. The predicted octanol–water partition coefficient (Wildman–Crippen LogP) is 3.86. The molecule has 94 valence electrons. The summed E-state index contributed by atoms with van der Waals surface area (Å²) >= 11 is 0. The average molecular weight is 233 g/mol. The van der Waals surface area contributed by atoms with E-state index in [1.165, 1.54) is 24.1 Å². The lowest BCUT2D eigenvalue weighted by Gasteiger charge is -2.26. The third-order valence-electron chi connectivity index (χ3n) is 3.57. The van der Waals surface area contributed by atoms with Crippen LogP contribution in [0.3, 0.4) is 0 Å². The molecule has 1 N–H and O–H groups in total. The van der Waals surface area contributed by atoms with E-state index in [2.05, 4.69) is 44.3 Å². The number of rotatable bonds is 4. The Morgan fingerprint density at radius 1 is 1.47 bits per heavy atom. The van der Waals surface area contributed by atoms with Crippen LogP contribution in [0, 0.1) is 5.92 Å². The number of fused-ring (bicyclic) bond motifs is 1. The summed E-state index contributed by atoms with van der Waals surface area (Å²) < 4.78 is 5.94. The molecule has 0 radical (unpaired) electrons. The van der Waals surface area contributed by atoms with Crippen LogP contribution in [0.1, 0.15) is 39.2 Å². The highest BCUT2D eigenvalue weighted by atomic mass is 16.5. The van der Waals surface area contributed by atoms with Gasteiger partial charge in [0.15, 0.2) is 0 Å². The van der Waals surface area contributed by atoms with Crippen LogP contribution in [0.4, 0.5) is 5.69 Å². The van der Waals surface area contributed by atoms with Crippen LogP contribution < -0.4 is 10.1 Å². The molecule has 0 aliphatic carbocycles. The Hall–Kier alpha value is -1.18. The van der Waals surface area contributed by atoms with Crippen LogP contribution in [0.2, 0.25) is 0 Å². The topological polar surface area (TPSA) is 21.3 Å². The van der Waals surface area contributed by atoms with E-state index in [-0.39, 0.29) is 0 Å². The van der Waals surface area contributed by atoms with E-state index >= 15 is 0 Å². The van der Waals surface area contributed by atoms with Gasteiger partial charge in [-0.05, 0) is 37.3 Å². The molecule has 2 rings (SSSR count). The second-order valence-electron chi connectivity index (χ2n) is 5.20. The zero-order valence-corrected chi connectivity index (χ0v) is 11.1. The summed E-state index contributed by atoms with van der Waals surface area (Å²) in [6, 6.07) is 6.93. The summed E-state index contributed by atoms with van der Waals surface area (Å²) in [7, 11) is 0. The molecule has 1 aliphatic heterocycles. The number of hydrogen-bond donors (Lipinski definition) is 1. The van der Waals surface area contributed by atoms with Crippen molar-refractivity contribution < 1.29 is 4.74 Å². The van der Waals surface area contributed by atoms with Gasteiger partial charge in [0.1, 0.15) is 5.75 Å². The molecule has 0 aromatic heterocycles.